The zero-order chi connectivity index (χ0) is 16.1. The van der Waals surface area contributed by atoms with E-state index in [1.54, 1.807) is 0 Å². The number of benzene rings is 2. The standard InChI is InChI=1S/C20H23NO2/c22-13-5-10-20(23)21-14-19-17-8-3-1-6-15(17)11-12-16-7-2-4-9-18(16)19/h1-4,6-9,19,22H,5,10-14H2,(H,21,23). The van der Waals surface area contributed by atoms with Gasteiger partial charge in [-0.3, -0.25) is 4.79 Å². The van der Waals surface area contributed by atoms with Crippen LogP contribution in [0.1, 0.15) is 41.0 Å². The number of aliphatic hydroxyl groups excluding tert-OH is 1. The van der Waals surface area contributed by atoms with E-state index in [1.807, 2.05) is 0 Å². The molecule has 0 saturated carbocycles. The van der Waals surface area contributed by atoms with Gasteiger partial charge in [-0.1, -0.05) is 48.5 Å². The van der Waals surface area contributed by atoms with Crippen LogP contribution < -0.4 is 5.32 Å². The van der Waals surface area contributed by atoms with E-state index in [0.717, 1.165) is 12.8 Å². The Labute approximate surface area is 137 Å². The smallest absolute Gasteiger partial charge is 0.220 e. The highest BCUT2D eigenvalue weighted by Crippen LogP contribution is 2.33. The van der Waals surface area contributed by atoms with Crippen molar-refractivity contribution >= 4 is 5.91 Å². The fraction of sp³-hybridized carbons (Fsp3) is 0.350. The fourth-order valence-corrected chi connectivity index (χ4v) is 3.40. The van der Waals surface area contributed by atoms with Gasteiger partial charge in [-0.05, 0) is 41.5 Å². The predicted octanol–water partition coefficient (Wildman–Crippen LogP) is 2.81. The van der Waals surface area contributed by atoms with Crippen LogP contribution >= 0.6 is 0 Å². The van der Waals surface area contributed by atoms with Crippen LogP contribution in [0.2, 0.25) is 0 Å². The van der Waals surface area contributed by atoms with Gasteiger partial charge < -0.3 is 10.4 Å². The van der Waals surface area contributed by atoms with E-state index in [4.69, 9.17) is 5.11 Å². The van der Waals surface area contributed by atoms with Crippen molar-refractivity contribution in [2.45, 2.75) is 31.6 Å². The van der Waals surface area contributed by atoms with Crippen LogP contribution in [0.15, 0.2) is 48.5 Å². The summed E-state index contributed by atoms with van der Waals surface area (Å²) in [4.78, 5) is 11.9. The van der Waals surface area contributed by atoms with E-state index in [1.165, 1.54) is 22.3 Å². The minimum absolute atomic E-state index is 0.0123. The first-order valence-electron chi connectivity index (χ1n) is 8.32. The number of aryl methyl sites for hydroxylation is 2. The predicted molar refractivity (Wildman–Crippen MR) is 91.5 cm³/mol. The maximum Gasteiger partial charge on any atom is 0.220 e. The van der Waals surface area contributed by atoms with Gasteiger partial charge in [0.2, 0.25) is 5.91 Å². The van der Waals surface area contributed by atoms with Gasteiger partial charge in [-0.15, -0.1) is 0 Å². The Morgan fingerprint density at radius 2 is 1.57 bits per heavy atom. The maximum absolute atomic E-state index is 11.9. The summed E-state index contributed by atoms with van der Waals surface area (Å²) in [6.07, 6.45) is 2.99. The molecule has 1 aliphatic rings. The molecule has 120 valence electrons. The molecule has 0 atom stereocenters. The molecule has 0 radical (unpaired) electrons. The van der Waals surface area contributed by atoms with Gasteiger partial charge >= 0.3 is 0 Å². The van der Waals surface area contributed by atoms with Gasteiger partial charge in [0, 0.05) is 25.5 Å². The maximum atomic E-state index is 11.9. The van der Waals surface area contributed by atoms with Crippen molar-refractivity contribution < 1.29 is 9.90 Å². The van der Waals surface area contributed by atoms with Gasteiger partial charge in [0.1, 0.15) is 0 Å². The third kappa shape index (κ3) is 3.62. The van der Waals surface area contributed by atoms with E-state index in [-0.39, 0.29) is 18.4 Å². The lowest BCUT2D eigenvalue weighted by Gasteiger charge is -2.21. The van der Waals surface area contributed by atoms with Crippen molar-refractivity contribution in [2.24, 2.45) is 0 Å². The molecule has 0 unspecified atom stereocenters. The highest BCUT2D eigenvalue weighted by molar-refractivity contribution is 5.76. The monoisotopic (exact) mass is 309 g/mol. The zero-order valence-electron chi connectivity index (χ0n) is 13.3. The average Bonchev–Trinajstić information content (AvgIpc) is 2.75. The zero-order valence-corrected chi connectivity index (χ0v) is 13.3. The number of fused-ring (bicyclic) bond motifs is 2. The van der Waals surface area contributed by atoms with Crippen LogP contribution in [-0.4, -0.2) is 24.2 Å². The highest BCUT2D eigenvalue weighted by atomic mass is 16.3. The Bertz CT molecular complexity index is 633. The molecule has 0 fully saturated rings. The minimum Gasteiger partial charge on any atom is -0.396 e. The van der Waals surface area contributed by atoms with Gasteiger partial charge in [-0.25, -0.2) is 0 Å². The van der Waals surface area contributed by atoms with E-state index in [9.17, 15) is 4.79 Å². The van der Waals surface area contributed by atoms with Crippen LogP contribution in [0.3, 0.4) is 0 Å². The highest BCUT2D eigenvalue weighted by Gasteiger charge is 2.23. The van der Waals surface area contributed by atoms with Crippen molar-refractivity contribution in [3.8, 4) is 0 Å². The molecule has 23 heavy (non-hydrogen) atoms. The lowest BCUT2D eigenvalue weighted by Crippen LogP contribution is -2.29. The Kier molecular flexibility index (Phi) is 5.09. The van der Waals surface area contributed by atoms with Crippen LogP contribution in [0, 0.1) is 0 Å². The molecule has 1 aliphatic carbocycles. The summed E-state index contributed by atoms with van der Waals surface area (Å²) in [5, 5.41) is 11.9. The molecule has 0 bridgehead atoms. The first-order valence-corrected chi connectivity index (χ1v) is 8.32. The molecule has 0 saturated heterocycles. The van der Waals surface area contributed by atoms with E-state index in [0.29, 0.717) is 19.4 Å². The molecule has 3 nitrogen and oxygen atoms in total. The molecule has 1 amide bonds. The number of hydrogen-bond acceptors (Lipinski definition) is 2. The fourth-order valence-electron chi connectivity index (χ4n) is 3.40. The Morgan fingerprint density at radius 3 is 2.13 bits per heavy atom. The second kappa shape index (κ2) is 7.42. The quantitative estimate of drug-likeness (QED) is 0.892. The largest absolute Gasteiger partial charge is 0.396 e. The topological polar surface area (TPSA) is 49.3 Å². The third-order valence-corrected chi connectivity index (χ3v) is 4.59. The first-order chi connectivity index (χ1) is 11.3. The second-order valence-electron chi connectivity index (χ2n) is 6.08. The van der Waals surface area contributed by atoms with Crippen LogP contribution in [0.5, 0.6) is 0 Å². The summed E-state index contributed by atoms with van der Waals surface area (Å²) in [6.45, 7) is 0.667. The van der Waals surface area contributed by atoms with Gasteiger partial charge in [0.25, 0.3) is 0 Å². The van der Waals surface area contributed by atoms with Gasteiger partial charge in [-0.2, -0.15) is 0 Å². The Morgan fingerprint density at radius 1 is 1.00 bits per heavy atom. The van der Waals surface area contributed by atoms with Crippen molar-refractivity contribution in [1.82, 2.24) is 5.32 Å². The number of nitrogens with one attached hydrogen (secondary N) is 1. The van der Waals surface area contributed by atoms with Crippen molar-refractivity contribution in [3.63, 3.8) is 0 Å². The third-order valence-electron chi connectivity index (χ3n) is 4.59. The lowest BCUT2D eigenvalue weighted by atomic mass is 9.88. The number of hydrogen-bond donors (Lipinski definition) is 2. The van der Waals surface area contributed by atoms with Crippen molar-refractivity contribution in [1.29, 1.82) is 0 Å². The number of rotatable bonds is 5. The normalized spacial score (nSPS) is 13.8. The summed E-state index contributed by atoms with van der Waals surface area (Å²) in [6, 6.07) is 17.1. The Balaban J connectivity index is 1.86. The molecule has 0 aliphatic heterocycles. The molecule has 3 rings (SSSR count). The van der Waals surface area contributed by atoms with Crippen LogP contribution in [0.4, 0.5) is 0 Å². The molecule has 0 spiro atoms. The summed E-state index contributed by atoms with van der Waals surface area (Å²) < 4.78 is 0. The molecule has 2 N–H and O–H groups in total. The second-order valence-corrected chi connectivity index (χ2v) is 6.08. The molecular weight excluding hydrogens is 286 g/mol. The summed E-state index contributed by atoms with van der Waals surface area (Å²) in [5.74, 6) is 0.209. The number of carbonyl (C=O) groups is 1. The molecule has 2 aromatic rings. The van der Waals surface area contributed by atoms with E-state index >= 15 is 0 Å². The summed E-state index contributed by atoms with van der Waals surface area (Å²) in [7, 11) is 0. The summed E-state index contributed by atoms with van der Waals surface area (Å²) >= 11 is 0. The summed E-state index contributed by atoms with van der Waals surface area (Å²) in [5.41, 5.74) is 5.39. The molecule has 3 heteroatoms. The SMILES string of the molecule is O=C(CCCO)NCC1c2ccccc2CCc2ccccc21. The molecule has 0 aromatic heterocycles. The van der Waals surface area contributed by atoms with Crippen molar-refractivity contribution in [3.05, 3.63) is 70.8 Å². The number of carbonyl (C=O) groups excluding carboxylic acids is 1. The first kappa shape index (κ1) is 15.8. The van der Waals surface area contributed by atoms with E-state index < -0.39 is 0 Å². The molecular formula is C20H23NO2. The van der Waals surface area contributed by atoms with Gasteiger partial charge in [0.15, 0.2) is 0 Å². The Hall–Kier alpha value is -2.13. The van der Waals surface area contributed by atoms with Gasteiger partial charge in [0.05, 0.1) is 0 Å². The molecule has 2 aromatic carbocycles. The van der Waals surface area contributed by atoms with Crippen LogP contribution in [0.25, 0.3) is 0 Å². The lowest BCUT2D eigenvalue weighted by molar-refractivity contribution is -0.121. The van der Waals surface area contributed by atoms with Crippen LogP contribution in [-0.2, 0) is 17.6 Å². The average molecular weight is 309 g/mol. The van der Waals surface area contributed by atoms with Crippen molar-refractivity contribution in [2.75, 3.05) is 13.2 Å². The number of aliphatic hydroxyl groups is 1. The minimum atomic E-state index is 0.0123. The van der Waals surface area contributed by atoms with E-state index in [2.05, 4.69) is 53.8 Å². The molecule has 0 heterocycles. The number of amides is 1.